The van der Waals surface area contributed by atoms with Gasteiger partial charge in [0.25, 0.3) is 0 Å². The Morgan fingerprint density at radius 1 is 1.45 bits per heavy atom. The maximum atomic E-state index is 6.36. The second kappa shape index (κ2) is 5.38. The second-order valence-electron chi connectivity index (χ2n) is 4.95. The lowest BCUT2D eigenvalue weighted by atomic mass is 10.0. The maximum absolute atomic E-state index is 6.36. The number of halogens is 1. The number of anilines is 1. The fraction of sp³-hybridized carbons (Fsp3) is 0.462. The number of nitrogens with zero attached hydrogens (tertiary/aromatic N) is 4. The first-order chi connectivity index (χ1) is 9.70. The number of aromatic amines is 1. The molecule has 1 saturated heterocycles. The lowest BCUT2D eigenvalue weighted by Gasteiger charge is -2.19. The number of methoxy groups -OCH3 is 1. The van der Waals surface area contributed by atoms with Crippen molar-refractivity contribution in [3.63, 3.8) is 0 Å². The van der Waals surface area contributed by atoms with Gasteiger partial charge in [-0.2, -0.15) is 15.4 Å². The van der Waals surface area contributed by atoms with E-state index in [-0.39, 0.29) is 12.0 Å². The smallest absolute Gasteiger partial charge is 0.147 e. The molecule has 1 fully saturated rings. The average Bonchev–Trinajstić information content (AvgIpc) is 3.09. The Bertz CT molecular complexity index is 588. The van der Waals surface area contributed by atoms with Crippen LogP contribution >= 0.6 is 11.6 Å². The molecule has 3 heterocycles. The van der Waals surface area contributed by atoms with Crippen LogP contribution in [0.25, 0.3) is 0 Å². The fourth-order valence-corrected chi connectivity index (χ4v) is 2.84. The van der Waals surface area contributed by atoms with E-state index in [1.165, 1.54) is 0 Å². The summed E-state index contributed by atoms with van der Waals surface area (Å²) >= 11 is 6.36. The number of hydrogen-bond acceptors (Lipinski definition) is 5. The molecule has 7 heteroatoms. The third-order valence-electron chi connectivity index (χ3n) is 3.75. The minimum atomic E-state index is 0.0541. The highest BCUT2D eigenvalue weighted by Gasteiger charge is 2.36. The van der Waals surface area contributed by atoms with Gasteiger partial charge in [-0.15, -0.1) is 0 Å². The zero-order chi connectivity index (χ0) is 14.1. The van der Waals surface area contributed by atoms with Crippen LogP contribution in [0.4, 0.5) is 5.82 Å². The standard InChI is InChI=1S/C13H16ClN5O/c1-8-3-4-15-13(12(8)14)19-6-9(11(7-19)20-2)10-5-16-18-17-10/h3-5,9,11H,6-7H2,1-2H3,(H,16,17,18)/t9-,11+/m0/s1. The number of hydrogen-bond donors (Lipinski definition) is 1. The number of nitrogens with one attached hydrogen (secondary N) is 1. The van der Waals surface area contributed by atoms with Crippen molar-refractivity contribution in [2.45, 2.75) is 18.9 Å². The summed E-state index contributed by atoms with van der Waals surface area (Å²) in [6, 6.07) is 1.91. The number of rotatable bonds is 3. The van der Waals surface area contributed by atoms with Gasteiger partial charge >= 0.3 is 0 Å². The van der Waals surface area contributed by atoms with Gasteiger partial charge in [-0.3, -0.25) is 0 Å². The molecule has 0 radical (unpaired) electrons. The second-order valence-corrected chi connectivity index (χ2v) is 5.32. The molecular weight excluding hydrogens is 278 g/mol. The van der Waals surface area contributed by atoms with Crippen molar-refractivity contribution < 1.29 is 4.74 Å². The molecule has 1 aliphatic heterocycles. The molecule has 2 aromatic heterocycles. The molecule has 1 N–H and O–H groups in total. The van der Waals surface area contributed by atoms with Gasteiger partial charge in [0.2, 0.25) is 0 Å². The highest BCUT2D eigenvalue weighted by atomic mass is 35.5. The van der Waals surface area contributed by atoms with Crippen LogP contribution in [0.5, 0.6) is 0 Å². The Hall–Kier alpha value is -1.66. The molecule has 0 unspecified atom stereocenters. The van der Waals surface area contributed by atoms with Crippen LogP contribution in [-0.2, 0) is 4.74 Å². The van der Waals surface area contributed by atoms with E-state index < -0.39 is 0 Å². The molecule has 106 valence electrons. The molecule has 0 amide bonds. The topological polar surface area (TPSA) is 66.9 Å². The Kier molecular flexibility index (Phi) is 3.58. The van der Waals surface area contributed by atoms with Gasteiger partial charge in [0.15, 0.2) is 0 Å². The molecule has 0 saturated carbocycles. The minimum Gasteiger partial charge on any atom is -0.379 e. The van der Waals surface area contributed by atoms with Crippen LogP contribution in [-0.4, -0.2) is 46.7 Å². The SMILES string of the molecule is CO[C@@H]1CN(c2nccc(C)c2Cl)C[C@H]1c1cn[nH]n1. The van der Waals surface area contributed by atoms with E-state index in [1.54, 1.807) is 19.5 Å². The molecule has 3 rings (SSSR count). The molecule has 20 heavy (non-hydrogen) atoms. The minimum absolute atomic E-state index is 0.0541. The summed E-state index contributed by atoms with van der Waals surface area (Å²) in [4.78, 5) is 6.54. The van der Waals surface area contributed by atoms with Crippen molar-refractivity contribution in [2.75, 3.05) is 25.1 Å². The fourth-order valence-electron chi connectivity index (χ4n) is 2.61. The molecular formula is C13H16ClN5O. The first-order valence-electron chi connectivity index (χ1n) is 6.45. The highest BCUT2D eigenvalue weighted by Crippen LogP contribution is 2.34. The number of pyridine rings is 1. The van der Waals surface area contributed by atoms with Gasteiger partial charge < -0.3 is 9.64 Å². The first kappa shape index (κ1) is 13.3. The quantitative estimate of drug-likeness (QED) is 0.934. The van der Waals surface area contributed by atoms with E-state index in [1.807, 2.05) is 13.0 Å². The van der Waals surface area contributed by atoms with Crippen LogP contribution in [0.3, 0.4) is 0 Å². The van der Waals surface area contributed by atoms with Crippen molar-refractivity contribution >= 4 is 17.4 Å². The molecule has 0 aliphatic carbocycles. The van der Waals surface area contributed by atoms with Crippen LogP contribution < -0.4 is 4.90 Å². The van der Waals surface area contributed by atoms with E-state index in [0.29, 0.717) is 5.02 Å². The molecule has 0 aromatic carbocycles. The maximum Gasteiger partial charge on any atom is 0.147 e. The van der Waals surface area contributed by atoms with E-state index in [0.717, 1.165) is 30.2 Å². The number of H-pyrrole nitrogens is 1. The third kappa shape index (κ3) is 2.25. The summed E-state index contributed by atoms with van der Waals surface area (Å²) in [6.45, 7) is 3.48. The monoisotopic (exact) mass is 293 g/mol. The number of ether oxygens (including phenoxy) is 1. The van der Waals surface area contributed by atoms with Gasteiger partial charge in [-0.1, -0.05) is 11.6 Å². The lowest BCUT2D eigenvalue weighted by Crippen LogP contribution is -2.23. The Balaban J connectivity index is 1.88. The molecule has 0 bridgehead atoms. The van der Waals surface area contributed by atoms with Gasteiger partial charge in [0, 0.05) is 26.4 Å². The Labute approximate surface area is 122 Å². The molecule has 2 atom stereocenters. The van der Waals surface area contributed by atoms with Gasteiger partial charge in [0.1, 0.15) is 5.82 Å². The van der Waals surface area contributed by atoms with Crippen molar-refractivity contribution in [3.8, 4) is 0 Å². The van der Waals surface area contributed by atoms with Crippen molar-refractivity contribution in [3.05, 3.63) is 34.7 Å². The van der Waals surface area contributed by atoms with Crippen molar-refractivity contribution in [1.82, 2.24) is 20.4 Å². The summed E-state index contributed by atoms with van der Waals surface area (Å²) in [5, 5.41) is 11.4. The molecule has 6 nitrogen and oxygen atoms in total. The van der Waals surface area contributed by atoms with E-state index in [2.05, 4.69) is 25.3 Å². The van der Waals surface area contributed by atoms with Crippen molar-refractivity contribution in [2.24, 2.45) is 0 Å². The summed E-state index contributed by atoms with van der Waals surface area (Å²) < 4.78 is 5.58. The summed E-state index contributed by atoms with van der Waals surface area (Å²) in [5.74, 6) is 0.969. The van der Waals surface area contributed by atoms with Gasteiger partial charge in [-0.25, -0.2) is 4.98 Å². The predicted molar refractivity (Wildman–Crippen MR) is 76.1 cm³/mol. The highest BCUT2D eigenvalue weighted by molar-refractivity contribution is 6.33. The third-order valence-corrected chi connectivity index (χ3v) is 4.21. The Morgan fingerprint density at radius 3 is 3.00 bits per heavy atom. The van der Waals surface area contributed by atoms with Crippen LogP contribution in [0.2, 0.25) is 5.02 Å². The van der Waals surface area contributed by atoms with Crippen LogP contribution in [0.15, 0.2) is 18.5 Å². The summed E-state index contributed by atoms with van der Waals surface area (Å²) in [7, 11) is 1.71. The first-order valence-corrected chi connectivity index (χ1v) is 6.83. The van der Waals surface area contributed by atoms with Crippen LogP contribution in [0.1, 0.15) is 17.2 Å². The summed E-state index contributed by atoms with van der Waals surface area (Å²) in [5.41, 5.74) is 1.93. The Morgan fingerprint density at radius 2 is 2.30 bits per heavy atom. The summed E-state index contributed by atoms with van der Waals surface area (Å²) in [6.07, 6.45) is 3.58. The average molecular weight is 294 g/mol. The van der Waals surface area contributed by atoms with E-state index in [9.17, 15) is 0 Å². The number of aromatic nitrogens is 4. The van der Waals surface area contributed by atoms with Crippen molar-refractivity contribution in [1.29, 1.82) is 0 Å². The predicted octanol–water partition coefficient (Wildman–Crippen LogP) is 1.78. The zero-order valence-electron chi connectivity index (χ0n) is 11.4. The number of aryl methyl sites for hydroxylation is 1. The van der Waals surface area contributed by atoms with Gasteiger partial charge in [-0.05, 0) is 18.6 Å². The van der Waals surface area contributed by atoms with Crippen LogP contribution in [0, 0.1) is 6.92 Å². The normalized spacial score (nSPS) is 22.4. The molecule has 1 aliphatic rings. The van der Waals surface area contributed by atoms with E-state index in [4.69, 9.17) is 16.3 Å². The van der Waals surface area contributed by atoms with E-state index >= 15 is 0 Å². The zero-order valence-corrected chi connectivity index (χ0v) is 12.1. The lowest BCUT2D eigenvalue weighted by molar-refractivity contribution is 0.105. The van der Waals surface area contributed by atoms with Gasteiger partial charge in [0.05, 0.1) is 28.9 Å². The largest absolute Gasteiger partial charge is 0.379 e. The molecule has 0 spiro atoms. The molecule has 2 aromatic rings.